The van der Waals surface area contributed by atoms with Crippen LogP contribution in [-0.4, -0.2) is 9.94 Å². The summed E-state index contributed by atoms with van der Waals surface area (Å²) in [4.78, 5) is 3.34. The Hall–Kier alpha value is -0.470. The maximum atomic E-state index is 5.43. The van der Waals surface area contributed by atoms with Crippen LogP contribution in [0.25, 0.3) is 0 Å². The molecule has 0 spiro atoms. The van der Waals surface area contributed by atoms with Crippen molar-refractivity contribution in [1.82, 2.24) is 4.98 Å². The van der Waals surface area contributed by atoms with Gasteiger partial charge in [0, 0.05) is 6.20 Å². The summed E-state index contributed by atoms with van der Waals surface area (Å²) in [6, 6.07) is 5.46. The van der Waals surface area contributed by atoms with Gasteiger partial charge in [0.25, 0.3) is 0 Å². The third-order valence-electron chi connectivity index (χ3n) is 0.922. The van der Waals surface area contributed by atoms with E-state index in [1.165, 1.54) is 0 Å². The van der Waals surface area contributed by atoms with Gasteiger partial charge in [-0.3, -0.25) is 0 Å². The molecule has 2 nitrogen and oxygen atoms in total. The standard InChI is InChI=1S/C6H6Cl2N2/c7-6(8)10-5-3-1-2-4-9-5/h1-4,6H,(H,9,10). The smallest absolute Gasteiger partial charge is 0.178 e. The highest BCUT2D eigenvalue weighted by Crippen LogP contribution is 2.07. The first-order chi connectivity index (χ1) is 4.79. The Morgan fingerprint density at radius 2 is 2.20 bits per heavy atom. The molecule has 54 valence electrons. The van der Waals surface area contributed by atoms with Gasteiger partial charge in [-0.25, -0.2) is 4.98 Å². The van der Waals surface area contributed by atoms with E-state index in [9.17, 15) is 0 Å². The molecule has 0 saturated carbocycles. The lowest BCUT2D eigenvalue weighted by Gasteiger charge is -2.03. The summed E-state index contributed by atoms with van der Waals surface area (Å²) in [6.07, 6.45) is 1.67. The summed E-state index contributed by atoms with van der Waals surface area (Å²) in [7, 11) is 0. The van der Waals surface area contributed by atoms with Crippen molar-refractivity contribution in [2.24, 2.45) is 0 Å². The fraction of sp³-hybridized carbons (Fsp3) is 0.167. The van der Waals surface area contributed by atoms with Gasteiger partial charge in [0.1, 0.15) is 5.82 Å². The van der Waals surface area contributed by atoms with Gasteiger partial charge in [-0.05, 0) is 12.1 Å². The number of rotatable bonds is 2. The fourth-order valence-electron chi connectivity index (χ4n) is 0.560. The highest BCUT2D eigenvalue weighted by atomic mass is 35.5. The molecule has 0 amide bonds. The Labute approximate surface area is 69.2 Å². The SMILES string of the molecule is ClC(Cl)Nc1ccccn1. The Morgan fingerprint density at radius 1 is 1.40 bits per heavy atom. The monoisotopic (exact) mass is 176 g/mol. The van der Waals surface area contributed by atoms with E-state index in [0.29, 0.717) is 5.82 Å². The van der Waals surface area contributed by atoms with Gasteiger partial charge in [-0.2, -0.15) is 0 Å². The second kappa shape index (κ2) is 3.64. The van der Waals surface area contributed by atoms with Gasteiger partial charge in [0.05, 0.1) is 0 Å². The molecule has 0 aliphatic carbocycles. The predicted octanol–water partition coefficient (Wildman–Crippen LogP) is 2.25. The first-order valence-corrected chi connectivity index (χ1v) is 3.62. The zero-order valence-corrected chi connectivity index (χ0v) is 6.60. The Morgan fingerprint density at radius 3 is 2.70 bits per heavy atom. The maximum absolute atomic E-state index is 5.43. The molecular weight excluding hydrogens is 171 g/mol. The number of hydrogen-bond acceptors (Lipinski definition) is 2. The van der Waals surface area contributed by atoms with Crippen LogP contribution >= 0.6 is 23.2 Å². The van der Waals surface area contributed by atoms with E-state index < -0.39 is 4.96 Å². The van der Waals surface area contributed by atoms with Gasteiger partial charge in [-0.15, -0.1) is 0 Å². The number of nitrogens with one attached hydrogen (secondary N) is 1. The minimum atomic E-state index is -0.602. The largest absolute Gasteiger partial charge is 0.342 e. The summed E-state index contributed by atoms with van der Waals surface area (Å²) in [5.74, 6) is 0.678. The van der Waals surface area contributed by atoms with Crippen LogP contribution in [0, 0.1) is 0 Å². The minimum Gasteiger partial charge on any atom is -0.342 e. The molecule has 0 bridgehead atoms. The molecular formula is C6H6Cl2N2. The van der Waals surface area contributed by atoms with E-state index in [2.05, 4.69) is 10.3 Å². The predicted molar refractivity (Wildman–Crippen MR) is 43.4 cm³/mol. The zero-order valence-electron chi connectivity index (χ0n) is 5.09. The van der Waals surface area contributed by atoms with Crippen molar-refractivity contribution >= 4 is 29.0 Å². The summed E-state index contributed by atoms with van der Waals surface area (Å²) >= 11 is 10.9. The molecule has 1 heterocycles. The third kappa shape index (κ3) is 2.42. The number of alkyl halides is 2. The fourth-order valence-corrected chi connectivity index (χ4v) is 0.784. The number of pyridine rings is 1. The van der Waals surface area contributed by atoms with Crippen molar-refractivity contribution in [3.63, 3.8) is 0 Å². The van der Waals surface area contributed by atoms with Crippen molar-refractivity contribution in [1.29, 1.82) is 0 Å². The van der Waals surface area contributed by atoms with E-state index in [1.54, 1.807) is 12.3 Å². The van der Waals surface area contributed by atoms with Crippen LogP contribution in [-0.2, 0) is 0 Å². The molecule has 0 radical (unpaired) electrons. The van der Waals surface area contributed by atoms with Crippen LogP contribution in [0.2, 0.25) is 0 Å². The number of nitrogens with zero attached hydrogens (tertiary/aromatic N) is 1. The normalized spacial score (nSPS) is 9.90. The molecule has 1 rings (SSSR count). The summed E-state index contributed by atoms with van der Waals surface area (Å²) in [5, 5.41) is 2.72. The van der Waals surface area contributed by atoms with Crippen LogP contribution in [0.5, 0.6) is 0 Å². The quantitative estimate of drug-likeness (QED) is 0.553. The first-order valence-electron chi connectivity index (χ1n) is 2.75. The molecule has 10 heavy (non-hydrogen) atoms. The molecule has 0 aliphatic heterocycles. The highest BCUT2D eigenvalue weighted by Gasteiger charge is 1.96. The van der Waals surface area contributed by atoms with Gasteiger partial charge in [0.15, 0.2) is 4.96 Å². The second-order valence-corrected chi connectivity index (χ2v) is 2.76. The number of anilines is 1. The second-order valence-electron chi connectivity index (χ2n) is 1.66. The lowest BCUT2D eigenvalue weighted by molar-refractivity contribution is 1.24. The molecule has 0 atom stereocenters. The summed E-state index contributed by atoms with van der Waals surface area (Å²) < 4.78 is 0. The lowest BCUT2D eigenvalue weighted by atomic mass is 10.5. The molecule has 0 unspecified atom stereocenters. The van der Waals surface area contributed by atoms with E-state index in [1.807, 2.05) is 12.1 Å². The zero-order chi connectivity index (χ0) is 7.40. The summed E-state index contributed by atoms with van der Waals surface area (Å²) in [5.41, 5.74) is 0. The van der Waals surface area contributed by atoms with Gasteiger partial charge < -0.3 is 5.32 Å². The van der Waals surface area contributed by atoms with Crippen LogP contribution in [0.15, 0.2) is 24.4 Å². The molecule has 1 aromatic rings. The van der Waals surface area contributed by atoms with Crippen LogP contribution in [0.4, 0.5) is 5.82 Å². The van der Waals surface area contributed by atoms with Crippen LogP contribution < -0.4 is 5.32 Å². The molecule has 0 fully saturated rings. The minimum absolute atomic E-state index is 0.602. The van der Waals surface area contributed by atoms with Gasteiger partial charge >= 0.3 is 0 Å². The Bertz CT molecular complexity index is 188. The molecule has 1 aromatic heterocycles. The van der Waals surface area contributed by atoms with Crippen molar-refractivity contribution < 1.29 is 0 Å². The van der Waals surface area contributed by atoms with Crippen molar-refractivity contribution in [2.75, 3.05) is 5.32 Å². The van der Waals surface area contributed by atoms with E-state index >= 15 is 0 Å². The first kappa shape index (κ1) is 7.63. The number of aromatic nitrogens is 1. The van der Waals surface area contributed by atoms with E-state index in [0.717, 1.165) is 0 Å². The molecule has 4 heteroatoms. The van der Waals surface area contributed by atoms with Gasteiger partial charge in [0.2, 0.25) is 0 Å². The van der Waals surface area contributed by atoms with Crippen molar-refractivity contribution in [3.8, 4) is 0 Å². The van der Waals surface area contributed by atoms with Crippen molar-refractivity contribution in [3.05, 3.63) is 24.4 Å². The number of halogens is 2. The average molecular weight is 177 g/mol. The Balaban J connectivity index is 2.59. The topological polar surface area (TPSA) is 24.9 Å². The van der Waals surface area contributed by atoms with Crippen LogP contribution in [0.1, 0.15) is 0 Å². The molecule has 0 aromatic carbocycles. The van der Waals surface area contributed by atoms with Crippen LogP contribution in [0.3, 0.4) is 0 Å². The van der Waals surface area contributed by atoms with Crippen molar-refractivity contribution in [2.45, 2.75) is 4.96 Å². The van der Waals surface area contributed by atoms with Gasteiger partial charge in [-0.1, -0.05) is 29.3 Å². The maximum Gasteiger partial charge on any atom is 0.178 e. The van der Waals surface area contributed by atoms with E-state index in [-0.39, 0.29) is 0 Å². The molecule has 1 N–H and O–H groups in total. The molecule has 0 aliphatic rings. The Kier molecular flexibility index (Phi) is 2.78. The lowest BCUT2D eigenvalue weighted by Crippen LogP contribution is -2.04. The summed E-state index contributed by atoms with van der Waals surface area (Å²) in [6.45, 7) is 0. The highest BCUT2D eigenvalue weighted by molar-refractivity contribution is 6.45. The number of hydrogen-bond donors (Lipinski definition) is 1. The average Bonchev–Trinajstić information content (AvgIpc) is 1.88. The molecule has 0 saturated heterocycles. The third-order valence-corrected chi connectivity index (χ3v) is 1.14. The van der Waals surface area contributed by atoms with E-state index in [4.69, 9.17) is 23.2 Å².